The van der Waals surface area contributed by atoms with Crippen LogP contribution in [-0.4, -0.2) is 149 Å². The van der Waals surface area contributed by atoms with Crippen LogP contribution in [0.15, 0.2) is 0 Å². The number of carboxylic acids is 6. The Labute approximate surface area is 192 Å². The maximum absolute atomic E-state index is 10.6. The topological polar surface area (TPSA) is 311 Å². The van der Waals surface area contributed by atoms with E-state index in [1.165, 1.54) is 6.92 Å². The SMILES string of the molecule is CC(=O)O.C[C@H](O)C(=O)O.O=C(O)CN(CCN(CC(=O)O)CC(=O)O)CC(=O)O.OB(O)O. The number of hydrogen-bond donors (Lipinski definition) is 10. The van der Waals surface area contributed by atoms with E-state index in [2.05, 4.69) is 0 Å². The third-order valence-electron chi connectivity index (χ3n) is 2.53. The lowest BCUT2D eigenvalue weighted by molar-refractivity contribution is -0.146. The first-order valence-electron chi connectivity index (χ1n) is 8.78. The van der Waals surface area contributed by atoms with Gasteiger partial charge in [0.2, 0.25) is 0 Å². The number of aliphatic hydroxyl groups is 1. The number of carbonyl (C=O) groups is 6. The van der Waals surface area contributed by atoms with Crippen LogP contribution in [0.3, 0.4) is 0 Å². The summed E-state index contributed by atoms with van der Waals surface area (Å²) in [6, 6.07) is 0. The van der Waals surface area contributed by atoms with E-state index in [0.717, 1.165) is 16.7 Å². The molecule has 198 valence electrons. The molecule has 18 nitrogen and oxygen atoms in total. The van der Waals surface area contributed by atoms with Crippen molar-refractivity contribution in [3.8, 4) is 0 Å². The van der Waals surface area contributed by atoms with Crippen molar-refractivity contribution in [2.75, 3.05) is 39.3 Å². The third kappa shape index (κ3) is 46.7. The zero-order valence-corrected chi connectivity index (χ0v) is 18.2. The molecule has 0 heterocycles. The molecule has 0 aromatic heterocycles. The van der Waals surface area contributed by atoms with Crippen molar-refractivity contribution in [3.05, 3.63) is 0 Å². The zero-order chi connectivity index (χ0) is 28.0. The molecule has 1 atom stereocenters. The minimum absolute atomic E-state index is 0.0703. The largest absolute Gasteiger partial charge is 0.631 e. The molecule has 0 aromatic rings. The van der Waals surface area contributed by atoms with E-state index in [4.69, 9.17) is 55.6 Å². The summed E-state index contributed by atoms with van der Waals surface area (Å²) in [6.45, 7) is 0.0295. The molecule has 0 aliphatic carbocycles. The van der Waals surface area contributed by atoms with Crippen molar-refractivity contribution in [3.63, 3.8) is 0 Å². The van der Waals surface area contributed by atoms with Crippen LogP contribution >= 0.6 is 0 Å². The summed E-state index contributed by atoms with van der Waals surface area (Å²) in [6.07, 6.45) is -1.23. The van der Waals surface area contributed by atoms with Crippen molar-refractivity contribution in [2.45, 2.75) is 20.0 Å². The van der Waals surface area contributed by atoms with Gasteiger partial charge in [0.15, 0.2) is 0 Å². The van der Waals surface area contributed by atoms with Gasteiger partial charge >= 0.3 is 37.2 Å². The van der Waals surface area contributed by atoms with Gasteiger partial charge in [0.05, 0.1) is 26.2 Å². The molecule has 0 aliphatic heterocycles. The smallest absolute Gasteiger partial charge is 0.481 e. The maximum Gasteiger partial charge on any atom is 0.631 e. The average Bonchev–Trinajstić information content (AvgIpc) is 2.56. The summed E-state index contributed by atoms with van der Waals surface area (Å²) >= 11 is 0. The zero-order valence-electron chi connectivity index (χ0n) is 18.2. The number of carboxylic acid groups (broad SMARTS) is 6. The summed E-state index contributed by atoms with van der Waals surface area (Å²) in [5.74, 6) is -6.93. The van der Waals surface area contributed by atoms with Crippen molar-refractivity contribution in [1.82, 2.24) is 9.80 Å². The Kier molecular flexibility index (Phi) is 25.5. The Morgan fingerprint density at radius 1 is 0.647 bits per heavy atom. The van der Waals surface area contributed by atoms with Crippen molar-refractivity contribution in [1.29, 1.82) is 0 Å². The highest BCUT2D eigenvalue weighted by atomic mass is 16.5. The predicted octanol–water partition coefficient (Wildman–Crippen LogP) is -4.58. The van der Waals surface area contributed by atoms with Gasteiger partial charge in [-0.1, -0.05) is 0 Å². The third-order valence-corrected chi connectivity index (χ3v) is 2.53. The average molecular weight is 504 g/mol. The highest BCUT2D eigenvalue weighted by Gasteiger charge is 2.18. The van der Waals surface area contributed by atoms with Gasteiger partial charge in [-0.25, -0.2) is 4.79 Å². The van der Waals surface area contributed by atoms with Crippen LogP contribution in [0.4, 0.5) is 0 Å². The molecule has 19 heteroatoms. The molecule has 0 fully saturated rings. The Balaban J connectivity index is -0.000000260. The first kappa shape index (κ1) is 37.9. The minimum atomic E-state index is -2.17. The predicted molar refractivity (Wildman–Crippen MR) is 108 cm³/mol. The fourth-order valence-electron chi connectivity index (χ4n) is 1.48. The van der Waals surface area contributed by atoms with Gasteiger partial charge in [0.25, 0.3) is 5.97 Å². The van der Waals surface area contributed by atoms with Crippen molar-refractivity contribution >= 4 is 43.1 Å². The van der Waals surface area contributed by atoms with Crippen LogP contribution < -0.4 is 0 Å². The van der Waals surface area contributed by atoms with Crippen LogP contribution in [0.25, 0.3) is 0 Å². The quantitative estimate of drug-likeness (QED) is 0.112. The normalized spacial score (nSPS) is 10.2. The molecule has 0 saturated heterocycles. The molecule has 34 heavy (non-hydrogen) atoms. The second-order valence-electron chi connectivity index (χ2n) is 5.88. The van der Waals surface area contributed by atoms with E-state index in [0.29, 0.717) is 0 Å². The van der Waals surface area contributed by atoms with Gasteiger partial charge in [-0.05, 0) is 6.92 Å². The fourth-order valence-corrected chi connectivity index (χ4v) is 1.48. The first-order valence-corrected chi connectivity index (χ1v) is 8.78. The molecule has 0 amide bonds. The summed E-state index contributed by atoms with van der Waals surface area (Å²) < 4.78 is 0. The number of hydrogen-bond acceptors (Lipinski definition) is 12. The van der Waals surface area contributed by atoms with E-state index in [9.17, 15) is 24.0 Å². The molecule has 0 rings (SSSR count). The van der Waals surface area contributed by atoms with E-state index >= 15 is 0 Å². The molecule has 0 unspecified atom stereocenters. The minimum Gasteiger partial charge on any atom is -0.481 e. The number of aliphatic hydroxyl groups excluding tert-OH is 1. The van der Waals surface area contributed by atoms with Gasteiger partial charge in [-0.2, -0.15) is 0 Å². The Morgan fingerprint density at radius 3 is 0.882 bits per heavy atom. The lowest BCUT2D eigenvalue weighted by Gasteiger charge is -2.23. The van der Waals surface area contributed by atoms with Gasteiger partial charge in [0, 0.05) is 20.0 Å². The molecule has 0 saturated carbocycles. The van der Waals surface area contributed by atoms with Crippen molar-refractivity contribution in [2.24, 2.45) is 0 Å². The Morgan fingerprint density at radius 2 is 0.794 bits per heavy atom. The van der Waals surface area contributed by atoms with Crippen LogP contribution in [0.2, 0.25) is 0 Å². The lowest BCUT2D eigenvalue weighted by Crippen LogP contribution is -2.43. The standard InChI is InChI=1S/C10H16N2O8.C3H6O3.C2H4O2.BH3O3/c13-7(14)3-11(4-8(15)16)1-2-12(5-9(17)18)6-10(19)20;1-2(4)3(5)6;1-2(3)4;2-1(3)4/h1-6H2,(H,13,14)(H,15,16)(H,17,18)(H,19,20);2,4H,1H3,(H,5,6);1H3,(H,3,4);2-4H/t;2-;;/m.0../s1. The molecule has 0 bridgehead atoms. The second-order valence-corrected chi connectivity index (χ2v) is 5.88. The highest BCUT2D eigenvalue weighted by Crippen LogP contribution is 1.94. The molecule has 0 radical (unpaired) electrons. The number of aliphatic carboxylic acids is 6. The number of rotatable bonds is 12. The van der Waals surface area contributed by atoms with Gasteiger partial charge in [-0.15, -0.1) is 0 Å². The Hall–Kier alpha value is -3.36. The molecule has 0 aromatic carbocycles. The Bertz CT molecular complexity index is 567. The second kappa shape index (κ2) is 22.8. The van der Waals surface area contributed by atoms with Gasteiger partial charge < -0.3 is 50.8 Å². The monoisotopic (exact) mass is 504 g/mol. The fraction of sp³-hybridized carbons (Fsp3) is 0.600. The number of nitrogens with zero attached hydrogens (tertiary/aromatic N) is 2. The highest BCUT2D eigenvalue weighted by molar-refractivity contribution is 6.30. The molecule has 0 aliphatic rings. The molecule has 10 N–H and O–H groups in total. The van der Waals surface area contributed by atoms with Crippen LogP contribution in [0.5, 0.6) is 0 Å². The summed E-state index contributed by atoms with van der Waals surface area (Å²) in [7, 11) is -2.17. The summed E-state index contributed by atoms with van der Waals surface area (Å²) in [5, 5.41) is 79.2. The van der Waals surface area contributed by atoms with Gasteiger partial charge in [-0.3, -0.25) is 33.8 Å². The summed E-state index contributed by atoms with van der Waals surface area (Å²) in [5.41, 5.74) is 0. The molecular formula is C15H29BN2O16. The summed E-state index contributed by atoms with van der Waals surface area (Å²) in [4.78, 5) is 62.8. The maximum atomic E-state index is 10.6. The van der Waals surface area contributed by atoms with Crippen LogP contribution in [-0.2, 0) is 28.8 Å². The first-order chi connectivity index (χ1) is 15.3. The molecule has 0 spiro atoms. The van der Waals surface area contributed by atoms with Crippen LogP contribution in [0, 0.1) is 0 Å². The van der Waals surface area contributed by atoms with Gasteiger partial charge in [0.1, 0.15) is 6.10 Å². The lowest BCUT2D eigenvalue weighted by atomic mass is 10.3. The van der Waals surface area contributed by atoms with E-state index in [-0.39, 0.29) is 13.1 Å². The van der Waals surface area contributed by atoms with E-state index in [1.54, 1.807) is 0 Å². The van der Waals surface area contributed by atoms with Crippen LogP contribution in [0.1, 0.15) is 13.8 Å². The van der Waals surface area contributed by atoms with E-state index < -0.39 is 75.4 Å². The van der Waals surface area contributed by atoms with E-state index in [1.807, 2.05) is 0 Å². The molecular weight excluding hydrogens is 475 g/mol. The van der Waals surface area contributed by atoms with Crippen molar-refractivity contribution < 1.29 is 79.6 Å².